The lowest BCUT2D eigenvalue weighted by molar-refractivity contribution is -0.137. The summed E-state index contributed by atoms with van der Waals surface area (Å²) in [5.74, 6) is -1.20. The van der Waals surface area contributed by atoms with Crippen LogP contribution in [0.3, 0.4) is 0 Å². The van der Waals surface area contributed by atoms with E-state index in [1.807, 2.05) is 25.7 Å². The third-order valence-electron chi connectivity index (χ3n) is 4.41. The lowest BCUT2D eigenvalue weighted by Gasteiger charge is -2.32. The average Bonchev–Trinajstić information content (AvgIpc) is 2.55. The van der Waals surface area contributed by atoms with E-state index in [-0.39, 0.29) is 29.2 Å². The Morgan fingerprint density at radius 3 is 2.38 bits per heavy atom. The number of rotatable bonds is 4. The molecule has 1 aliphatic heterocycles. The van der Waals surface area contributed by atoms with Crippen molar-refractivity contribution in [3.8, 4) is 0 Å². The number of carboxylic acid groups (broad SMARTS) is 1. The summed E-state index contributed by atoms with van der Waals surface area (Å²) in [7, 11) is 0. The van der Waals surface area contributed by atoms with Gasteiger partial charge in [0.25, 0.3) is 0 Å². The summed E-state index contributed by atoms with van der Waals surface area (Å²) in [6.45, 7) is 6.75. The average molecular weight is 332 g/mol. The zero-order chi connectivity index (χ0) is 17.9. The van der Waals surface area contributed by atoms with Crippen molar-refractivity contribution < 1.29 is 19.5 Å². The number of anilines is 1. The van der Waals surface area contributed by atoms with Crippen LogP contribution in [0.2, 0.25) is 0 Å². The van der Waals surface area contributed by atoms with E-state index in [1.165, 1.54) is 12.1 Å². The van der Waals surface area contributed by atoms with Gasteiger partial charge in [-0.25, -0.2) is 4.79 Å². The number of hydrogen-bond donors (Lipinski definition) is 2. The molecule has 0 spiro atoms. The molecule has 0 aliphatic carbocycles. The van der Waals surface area contributed by atoms with Crippen molar-refractivity contribution in [1.82, 2.24) is 4.90 Å². The van der Waals surface area contributed by atoms with Gasteiger partial charge in [-0.05, 0) is 37.5 Å². The molecule has 2 rings (SSSR count). The van der Waals surface area contributed by atoms with E-state index in [0.717, 1.165) is 5.56 Å². The van der Waals surface area contributed by atoms with Crippen molar-refractivity contribution in [1.29, 1.82) is 0 Å². The number of carbonyl (C=O) groups excluding carboxylic acids is 2. The molecule has 0 bridgehead atoms. The molecule has 1 aliphatic rings. The Kier molecular flexibility index (Phi) is 5.59. The van der Waals surface area contributed by atoms with Crippen LogP contribution in [0.1, 0.15) is 42.6 Å². The lowest BCUT2D eigenvalue weighted by Crippen LogP contribution is -2.43. The summed E-state index contributed by atoms with van der Waals surface area (Å²) in [5, 5.41) is 11.9. The van der Waals surface area contributed by atoms with Gasteiger partial charge in [0.2, 0.25) is 11.8 Å². The number of aromatic carboxylic acids is 1. The molecule has 6 nitrogen and oxygen atoms in total. The Labute approximate surface area is 141 Å². The van der Waals surface area contributed by atoms with Crippen molar-refractivity contribution >= 4 is 23.5 Å². The van der Waals surface area contributed by atoms with Crippen LogP contribution in [-0.4, -0.2) is 40.9 Å². The second kappa shape index (κ2) is 7.47. The van der Waals surface area contributed by atoms with Crippen molar-refractivity contribution in [2.75, 3.05) is 18.4 Å². The van der Waals surface area contributed by atoms with Crippen LogP contribution in [-0.2, 0) is 9.59 Å². The fourth-order valence-corrected chi connectivity index (χ4v) is 2.85. The normalized spacial score (nSPS) is 15.4. The van der Waals surface area contributed by atoms with Crippen LogP contribution in [0.4, 0.5) is 5.69 Å². The molecule has 0 unspecified atom stereocenters. The largest absolute Gasteiger partial charge is 0.478 e. The van der Waals surface area contributed by atoms with Crippen molar-refractivity contribution in [3.05, 3.63) is 29.3 Å². The van der Waals surface area contributed by atoms with Gasteiger partial charge in [0.15, 0.2) is 0 Å². The lowest BCUT2D eigenvalue weighted by atomic mass is 9.94. The Morgan fingerprint density at radius 1 is 1.21 bits per heavy atom. The van der Waals surface area contributed by atoms with Gasteiger partial charge in [-0.2, -0.15) is 0 Å². The van der Waals surface area contributed by atoms with Crippen LogP contribution in [0, 0.1) is 18.8 Å². The Hall–Kier alpha value is -2.37. The van der Waals surface area contributed by atoms with E-state index < -0.39 is 5.97 Å². The predicted octanol–water partition coefficient (Wildman–Crippen LogP) is 2.53. The topological polar surface area (TPSA) is 86.7 Å². The zero-order valence-electron chi connectivity index (χ0n) is 14.3. The highest BCUT2D eigenvalue weighted by molar-refractivity contribution is 5.96. The van der Waals surface area contributed by atoms with Gasteiger partial charge in [-0.15, -0.1) is 0 Å². The van der Waals surface area contributed by atoms with E-state index in [9.17, 15) is 14.4 Å². The summed E-state index contributed by atoms with van der Waals surface area (Å²) >= 11 is 0. The molecule has 2 amide bonds. The monoisotopic (exact) mass is 332 g/mol. The zero-order valence-corrected chi connectivity index (χ0v) is 14.3. The molecule has 0 saturated carbocycles. The highest BCUT2D eigenvalue weighted by atomic mass is 16.4. The summed E-state index contributed by atoms with van der Waals surface area (Å²) in [5.41, 5.74) is 1.50. The fraction of sp³-hybridized carbons (Fsp3) is 0.500. The molecule has 1 saturated heterocycles. The SMILES string of the molecule is Cc1ccc(C(=O)O)cc1NC(=O)C1CCN(C(=O)C(C)C)CC1. The van der Waals surface area contributed by atoms with Gasteiger partial charge >= 0.3 is 5.97 Å². The minimum Gasteiger partial charge on any atom is -0.478 e. The summed E-state index contributed by atoms with van der Waals surface area (Å²) in [4.78, 5) is 37.3. The number of carboxylic acids is 1. The van der Waals surface area contributed by atoms with E-state index in [1.54, 1.807) is 6.07 Å². The number of nitrogens with zero attached hydrogens (tertiary/aromatic N) is 1. The summed E-state index contributed by atoms with van der Waals surface area (Å²) in [6.07, 6.45) is 1.25. The van der Waals surface area contributed by atoms with Gasteiger partial charge in [0.05, 0.1) is 5.56 Å². The first kappa shape index (κ1) is 18.0. The second-order valence-electron chi connectivity index (χ2n) is 6.58. The first-order valence-corrected chi connectivity index (χ1v) is 8.23. The van der Waals surface area contributed by atoms with Crippen LogP contribution >= 0.6 is 0 Å². The van der Waals surface area contributed by atoms with Crippen molar-refractivity contribution in [2.45, 2.75) is 33.6 Å². The number of aryl methyl sites for hydroxylation is 1. The Bertz CT molecular complexity index is 646. The minimum atomic E-state index is -1.02. The van der Waals surface area contributed by atoms with Crippen LogP contribution < -0.4 is 5.32 Å². The number of likely N-dealkylation sites (tertiary alicyclic amines) is 1. The highest BCUT2D eigenvalue weighted by Crippen LogP contribution is 2.23. The quantitative estimate of drug-likeness (QED) is 0.887. The molecule has 130 valence electrons. The predicted molar refractivity (Wildman–Crippen MR) is 90.9 cm³/mol. The van der Waals surface area contributed by atoms with Crippen molar-refractivity contribution in [2.24, 2.45) is 11.8 Å². The number of benzene rings is 1. The maximum Gasteiger partial charge on any atom is 0.335 e. The molecule has 1 fully saturated rings. The summed E-state index contributed by atoms with van der Waals surface area (Å²) in [6, 6.07) is 4.68. The first-order chi connectivity index (χ1) is 11.3. The van der Waals surface area contributed by atoms with Crippen molar-refractivity contribution in [3.63, 3.8) is 0 Å². The molecule has 1 aromatic carbocycles. The Morgan fingerprint density at radius 2 is 1.83 bits per heavy atom. The number of amides is 2. The van der Waals surface area contributed by atoms with Crippen LogP contribution in [0.15, 0.2) is 18.2 Å². The van der Waals surface area contributed by atoms with Crippen LogP contribution in [0.25, 0.3) is 0 Å². The number of carbonyl (C=O) groups is 3. The molecule has 1 aromatic rings. The van der Waals surface area contributed by atoms with E-state index in [4.69, 9.17) is 5.11 Å². The number of hydrogen-bond acceptors (Lipinski definition) is 3. The highest BCUT2D eigenvalue weighted by Gasteiger charge is 2.28. The van der Waals surface area contributed by atoms with Gasteiger partial charge in [-0.1, -0.05) is 19.9 Å². The standard InChI is InChI=1S/C18H24N2O4/c1-11(2)17(22)20-8-6-13(7-9-20)16(21)19-15-10-14(18(23)24)5-4-12(15)3/h4-5,10-11,13H,6-9H2,1-3H3,(H,19,21)(H,23,24). The summed E-state index contributed by atoms with van der Waals surface area (Å²) < 4.78 is 0. The maximum atomic E-state index is 12.4. The molecule has 6 heteroatoms. The van der Waals surface area contributed by atoms with Crippen LogP contribution in [0.5, 0.6) is 0 Å². The van der Waals surface area contributed by atoms with Gasteiger partial charge in [0.1, 0.15) is 0 Å². The number of piperidine rings is 1. The molecular formula is C18H24N2O4. The molecule has 2 N–H and O–H groups in total. The third kappa shape index (κ3) is 4.13. The van der Waals surface area contributed by atoms with E-state index in [0.29, 0.717) is 31.6 Å². The molecule has 0 atom stereocenters. The smallest absolute Gasteiger partial charge is 0.335 e. The molecule has 1 heterocycles. The third-order valence-corrected chi connectivity index (χ3v) is 4.41. The molecule has 24 heavy (non-hydrogen) atoms. The molecule has 0 aromatic heterocycles. The fourth-order valence-electron chi connectivity index (χ4n) is 2.85. The second-order valence-corrected chi connectivity index (χ2v) is 6.58. The Balaban J connectivity index is 1.98. The first-order valence-electron chi connectivity index (χ1n) is 8.23. The molecule has 0 radical (unpaired) electrons. The minimum absolute atomic E-state index is 0.0308. The van der Waals surface area contributed by atoms with Gasteiger partial charge < -0.3 is 15.3 Å². The van der Waals surface area contributed by atoms with E-state index in [2.05, 4.69) is 5.32 Å². The van der Waals surface area contributed by atoms with Gasteiger partial charge in [0, 0.05) is 30.6 Å². The maximum absolute atomic E-state index is 12.4. The van der Waals surface area contributed by atoms with Gasteiger partial charge in [-0.3, -0.25) is 9.59 Å². The molecular weight excluding hydrogens is 308 g/mol. The number of nitrogens with one attached hydrogen (secondary N) is 1. The van der Waals surface area contributed by atoms with E-state index >= 15 is 0 Å².